The first kappa shape index (κ1) is 20.7. The van der Waals surface area contributed by atoms with Gasteiger partial charge in [0.15, 0.2) is 0 Å². The molecule has 2 N–H and O–H groups in total. The van der Waals surface area contributed by atoms with Gasteiger partial charge in [0.05, 0.1) is 20.3 Å². The van der Waals surface area contributed by atoms with E-state index in [-0.39, 0.29) is 30.4 Å². The molecule has 2 unspecified atom stereocenters. The number of benzene rings is 2. The van der Waals surface area contributed by atoms with Crippen LogP contribution in [0.2, 0.25) is 0 Å². The average molecular weight is 422 g/mol. The van der Waals surface area contributed by atoms with E-state index in [9.17, 15) is 9.59 Å². The Labute approximate surface area is 181 Å². The molecule has 0 saturated carbocycles. The van der Waals surface area contributed by atoms with E-state index in [0.29, 0.717) is 18.7 Å². The standard InChI is InChI=1S/C23H26N4O4/c1-30-18-9-7-16(8-10-18)19-13-20-23(29)26(11-12-27(20)25-19)15-22(28)24-14-17-5-3-4-6-21(17)31-2/h3-12,19-20,25H,13-15H2,1-2H3,(H,24,28). The van der Waals surface area contributed by atoms with Crippen LogP contribution in [0.15, 0.2) is 60.9 Å². The van der Waals surface area contributed by atoms with Gasteiger partial charge in [-0.05, 0) is 30.2 Å². The summed E-state index contributed by atoms with van der Waals surface area (Å²) in [5.74, 6) is 1.18. The number of rotatable bonds is 7. The summed E-state index contributed by atoms with van der Waals surface area (Å²) in [6, 6.07) is 15.0. The Morgan fingerprint density at radius 3 is 2.61 bits per heavy atom. The van der Waals surface area contributed by atoms with E-state index in [4.69, 9.17) is 9.47 Å². The molecule has 0 spiro atoms. The number of amides is 2. The predicted molar refractivity (Wildman–Crippen MR) is 115 cm³/mol. The number of nitrogens with zero attached hydrogens (tertiary/aromatic N) is 2. The Morgan fingerprint density at radius 1 is 1.10 bits per heavy atom. The number of nitrogens with one attached hydrogen (secondary N) is 2. The summed E-state index contributed by atoms with van der Waals surface area (Å²) in [4.78, 5) is 26.9. The lowest BCUT2D eigenvalue weighted by Gasteiger charge is -2.31. The van der Waals surface area contributed by atoms with Crippen LogP contribution in [0.4, 0.5) is 0 Å². The van der Waals surface area contributed by atoms with Crippen LogP contribution >= 0.6 is 0 Å². The van der Waals surface area contributed by atoms with Crippen molar-refractivity contribution in [3.05, 3.63) is 72.1 Å². The molecule has 4 rings (SSSR count). The van der Waals surface area contributed by atoms with Gasteiger partial charge in [-0.15, -0.1) is 0 Å². The molecule has 31 heavy (non-hydrogen) atoms. The number of hydrazine groups is 1. The number of hydrogen-bond donors (Lipinski definition) is 2. The number of fused-ring (bicyclic) bond motifs is 1. The molecular weight excluding hydrogens is 396 g/mol. The van der Waals surface area contributed by atoms with Crippen molar-refractivity contribution in [3.63, 3.8) is 0 Å². The van der Waals surface area contributed by atoms with E-state index in [0.717, 1.165) is 16.9 Å². The number of para-hydroxylation sites is 1. The summed E-state index contributed by atoms with van der Waals surface area (Å²) < 4.78 is 10.5. The summed E-state index contributed by atoms with van der Waals surface area (Å²) in [5, 5.41) is 4.68. The molecule has 8 heteroatoms. The van der Waals surface area contributed by atoms with E-state index in [1.165, 1.54) is 4.90 Å². The van der Waals surface area contributed by atoms with Crippen LogP contribution in [0, 0.1) is 0 Å². The molecule has 2 atom stereocenters. The van der Waals surface area contributed by atoms with Gasteiger partial charge in [0, 0.05) is 24.5 Å². The zero-order valence-corrected chi connectivity index (χ0v) is 17.6. The molecule has 162 valence electrons. The van der Waals surface area contributed by atoms with Crippen LogP contribution in [0.25, 0.3) is 0 Å². The minimum atomic E-state index is -0.348. The highest BCUT2D eigenvalue weighted by Gasteiger charge is 2.40. The number of carbonyl (C=O) groups excluding carboxylic acids is 2. The van der Waals surface area contributed by atoms with E-state index in [1.807, 2.05) is 59.7 Å². The Morgan fingerprint density at radius 2 is 1.87 bits per heavy atom. The molecule has 8 nitrogen and oxygen atoms in total. The summed E-state index contributed by atoms with van der Waals surface area (Å²) in [5.41, 5.74) is 5.32. The Hall–Kier alpha value is -3.52. The molecule has 0 bridgehead atoms. The predicted octanol–water partition coefficient (Wildman–Crippen LogP) is 1.95. The largest absolute Gasteiger partial charge is 0.497 e. The summed E-state index contributed by atoms with van der Waals surface area (Å²) in [6.07, 6.45) is 4.07. The van der Waals surface area contributed by atoms with Gasteiger partial charge in [-0.1, -0.05) is 30.3 Å². The molecule has 0 aromatic heterocycles. The fourth-order valence-electron chi connectivity index (χ4n) is 3.87. The molecule has 2 aromatic carbocycles. The molecule has 2 amide bonds. The second kappa shape index (κ2) is 9.09. The van der Waals surface area contributed by atoms with Crippen molar-refractivity contribution in [3.8, 4) is 11.5 Å². The molecule has 0 radical (unpaired) electrons. The molecule has 1 saturated heterocycles. The number of carbonyl (C=O) groups is 2. The van der Waals surface area contributed by atoms with Gasteiger partial charge < -0.3 is 24.7 Å². The van der Waals surface area contributed by atoms with Crippen molar-refractivity contribution in [2.75, 3.05) is 20.8 Å². The highest BCUT2D eigenvalue weighted by atomic mass is 16.5. The Kier molecular flexibility index (Phi) is 6.08. The van der Waals surface area contributed by atoms with Crippen LogP contribution < -0.4 is 20.2 Å². The molecule has 2 aliphatic rings. The van der Waals surface area contributed by atoms with Gasteiger partial charge >= 0.3 is 0 Å². The van der Waals surface area contributed by atoms with Gasteiger partial charge in [-0.3, -0.25) is 9.59 Å². The quantitative estimate of drug-likeness (QED) is 0.710. The first-order valence-corrected chi connectivity index (χ1v) is 10.1. The van der Waals surface area contributed by atoms with E-state index >= 15 is 0 Å². The van der Waals surface area contributed by atoms with Gasteiger partial charge in [0.25, 0.3) is 5.91 Å². The van der Waals surface area contributed by atoms with Crippen LogP contribution in [-0.4, -0.2) is 48.5 Å². The Balaban J connectivity index is 1.34. The molecule has 2 aromatic rings. The van der Waals surface area contributed by atoms with Crippen LogP contribution in [-0.2, 0) is 16.1 Å². The van der Waals surface area contributed by atoms with Crippen molar-refractivity contribution in [1.82, 2.24) is 20.7 Å². The lowest BCUT2D eigenvalue weighted by Crippen LogP contribution is -2.50. The van der Waals surface area contributed by atoms with Crippen LogP contribution in [0.5, 0.6) is 11.5 Å². The highest BCUT2D eigenvalue weighted by molar-refractivity contribution is 5.89. The van der Waals surface area contributed by atoms with Crippen molar-refractivity contribution in [2.24, 2.45) is 0 Å². The molecule has 2 heterocycles. The normalized spacial score (nSPS) is 19.9. The second-order valence-electron chi connectivity index (χ2n) is 7.47. The summed E-state index contributed by atoms with van der Waals surface area (Å²) in [6.45, 7) is 0.313. The van der Waals surface area contributed by atoms with E-state index in [2.05, 4.69) is 10.7 Å². The first-order chi connectivity index (χ1) is 15.1. The van der Waals surface area contributed by atoms with Crippen molar-refractivity contribution in [1.29, 1.82) is 0 Å². The highest BCUT2D eigenvalue weighted by Crippen LogP contribution is 2.31. The lowest BCUT2D eigenvalue weighted by atomic mass is 10.0. The van der Waals surface area contributed by atoms with Crippen LogP contribution in [0.3, 0.4) is 0 Å². The topological polar surface area (TPSA) is 83.1 Å². The fraction of sp³-hybridized carbons (Fsp3) is 0.304. The summed E-state index contributed by atoms with van der Waals surface area (Å²) >= 11 is 0. The third-order valence-electron chi connectivity index (χ3n) is 5.58. The van der Waals surface area contributed by atoms with E-state index in [1.54, 1.807) is 20.4 Å². The minimum absolute atomic E-state index is 0.0174. The SMILES string of the molecule is COc1ccc(C2CC3C(=O)N(CC(=O)NCc4ccccc4OC)C=CN3N2)cc1. The van der Waals surface area contributed by atoms with Crippen LogP contribution in [0.1, 0.15) is 23.6 Å². The monoisotopic (exact) mass is 422 g/mol. The number of methoxy groups -OCH3 is 2. The zero-order valence-electron chi connectivity index (χ0n) is 17.6. The molecule has 0 aliphatic carbocycles. The second-order valence-corrected chi connectivity index (χ2v) is 7.47. The smallest absolute Gasteiger partial charge is 0.251 e. The average Bonchev–Trinajstić information content (AvgIpc) is 3.25. The fourth-order valence-corrected chi connectivity index (χ4v) is 3.87. The maximum absolute atomic E-state index is 13.0. The maximum atomic E-state index is 13.0. The molecule has 1 fully saturated rings. The number of ether oxygens (including phenoxy) is 2. The van der Waals surface area contributed by atoms with E-state index < -0.39 is 0 Å². The lowest BCUT2D eigenvalue weighted by molar-refractivity contribution is -0.138. The third-order valence-corrected chi connectivity index (χ3v) is 5.58. The zero-order chi connectivity index (χ0) is 21.8. The van der Waals surface area contributed by atoms with Gasteiger partial charge in [0.1, 0.15) is 24.1 Å². The molecular formula is C23H26N4O4. The number of hydrogen-bond acceptors (Lipinski definition) is 6. The van der Waals surface area contributed by atoms with Gasteiger partial charge in [0.2, 0.25) is 5.91 Å². The first-order valence-electron chi connectivity index (χ1n) is 10.1. The minimum Gasteiger partial charge on any atom is -0.497 e. The van der Waals surface area contributed by atoms with Crippen molar-refractivity contribution in [2.45, 2.75) is 25.0 Å². The van der Waals surface area contributed by atoms with Gasteiger partial charge in [-0.2, -0.15) is 0 Å². The van der Waals surface area contributed by atoms with Gasteiger partial charge in [-0.25, -0.2) is 5.43 Å². The Bertz CT molecular complexity index is 976. The third kappa shape index (κ3) is 4.49. The van der Waals surface area contributed by atoms with Crippen molar-refractivity contribution >= 4 is 11.8 Å². The maximum Gasteiger partial charge on any atom is 0.251 e. The van der Waals surface area contributed by atoms with Crippen molar-refractivity contribution < 1.29 is 19.1 Å². The summed E-state index contributed by atoms with van der Waals surface area (Å²) in [7, 11) is 3.23. The molecule has 2 aliphatic heterocycles.